The summed E-state index contributed by atoms with van der Waals surface area (Å²) in [5, 5.41) is 3.04. The van der Waals surface area contributed by atoms with E-state index in [9.17, 15) is 9.59 Å². The number of ether oxygens (including phenoxy) is 2. The number of fused-ring (bicyclic) bond motifs is 1. The van der Waals surface area contributed by atoms with Crippen LogP contribution < -0.4 is 19.7 Å². The first-order valence-electron chi connectivity index (χ1n) is 9.46. The molecule has 0 aromatic heterocycles. The first kappa shape index (κ1) is 17.0. The first-order valence-corrected chi connectivity index (χ1v) is 9.46. The van der Waals surface area contributed by atoms with Gasteiger partial charge in [-0.2, -0.15) is 0 Å². The van der Waals surface area contributed by atoms with Crippen molar-refractivity contribution in [2.24, 2.45) is 0 Å². The molecule has 3 amide bonds. The zero-order valence-electron chi connectivity index (χ0n) is 14.9. The Morgan fingerprint density at radius 2 is 1.77 bits per heavy atom. The summed E-state index contributed by atoms with van der Waals surface area (Å²) in [6, 6.07) is 5.33. The van der Waals surface area contributed by atoms with Crippen LogP contribution in [-0.4, -0.2) is 55.7 Å². The van der Waals surface area contributed by atoms with Crippen LogP contribution in [0.25, 0.3) is 0 Å². The van der Waals surface area contributed by atoms with Crippen LogP contribution in [0.1, 0.15) is 32.1 Å². The van der Waals surface area contributed by atoms with E-state index in [0.717, 1.165) is 31.6 Å². The lowest BCUT2D eigenvalue weighted by molar-refractivity contribution is -0.117. The van der Waals surface area contributed by atoms with Crippen molar-refractivity contribution in [3.05, 3.63) is 18.2 Å². The Morgan fingerprint density at radius 1 is 1.04 bits per heavy atom. The molecule has 7 heteroatoms. The van der Waals surface area contributed by atoms with Crippen molar-refractivity contribution in [2.75, 3.05) is 37.7 Å². The standard InChI is InChI=1S/C19H25N3O4/c23-18-11-14(20-19(24)21-7-3-1-2-4-8-21)13-22(18)15-5-6-16-17(12-15)26-10-9-25-16/h5-6,12,14H,1-4,7-11,13H2,(H,20,24). The quantitative estimate of drug-likeness (QED) is 0.878. The largest absolute Gasteiger partial charge is 0.486 e. The number of hydrogen-bond acceptors (Lipinski definition) is 4. The van der Waals surface area contributed by atoms with Crippen molar-refractivity contribution in [1.29, 1.82) is 0 Å². The van der Waals surface area contributed by atoms with Gasteiger partial charge in [-0.3, -0.25) is 4.79 Å². The molecule has 0 spiro atoms. The summed E-state index contributed by atoms with van der Waals surface area (Å²) < 4.78 is 11.1. The second-order valence-electron chi connectivity index (χ2n) is 7.08. The van der Waals surface area contributed by atoms with Gasteiger partial charge in [0.15, 0.2) is 11.5 Å². The van der Waals surface area contributed by atoms with Gasteiger partial charge >= 0.3 is 6.03 Å². The molecular weight excluding hydrogens is 334 g/mol. The van der Waals surface area contributed by atoms with E-state index in [1.807, 2.05) is 23.1 Å². The Hall–Kier alpha value is -2.44. The van der Waals surface area contributed by atoms with Crippen LogP contribution in [0.5, 0.6) is 11.5 Å². The maximum absolute atomic E-state index is 12.5. The highest BCUT2D eigenvalue weighted by molar-refractivity contribution is 5.97. The van der Waals surface area contributed by atoms with Crippen LogP contribution >= 0.6 is 0 Å². The Kier molecular flexibility index (Phi) is 4.86. The summed E-state index contributed by atoms with van der Waals surface area (Å²) in [6.45, 7) is 3.15. The van der Waals surface area contributed by atoms with E-state index < -0.39 is 0 Å². The predicted molar refractivity (Wildman–Crippen MR) is 96.8 cm³/mol. The Labute approximate surface area is 153 Å². The van der Waals surface area contributed by atoms with Gasteiger partial charge in [-0.1, -0.05) is 12.8 Å². The van der Waals surface area contributed by atoms with Crippen LogP contribution in [0.2, 0.25) is 0 Å². The maximum Gasteiger partial charge on any atom is 0.317 e. The SMILES string of the molecule is O=C(NC1CC(=O)N(c2ccc3c(c2)OCCO3)C1)N1CCCCCC1. The predicted octanol–water partition coefficient (Wildman–Crippen LogP) is 2.15. The van der Waals surface area contributed by atoms with Crippen molar-refractivity contribution < 1.29 is 19.1 Å². The third kappa shape index (κ3) is 3.57. The van der Waals surface area contributed by atoms with E-state index in [1.165, 1.54) is 12.8 Å². The first-order chi connectivity index (χ1) is 12.7. The number of likely N-dealkylation sites (tertiary alicyclic amines) is 1. The van der Waals surface area contributed by atoms with Crippen LogP contribution in [-0.2, 0) is 4.79 Å². The minimum Gasteiger partial charge on any atom is -0.486 e. The molecule has 3 aliphatic rings. The smallest absolute Gasteiger partial charge is 0.317 e. The lowest BCUT2D eigenvalue weighted by Gasteiger charge is -2.24. The minimum atomic E-state index is -0.161. The van der Waals surface area contributed by atoms with Crippen molar-refractivity contribution in [3.63, 3.8) is 0 Å². The molecule has 0 saturated carbocycles. The van der Waals surface area contributed by atoms with Crippen molar-refractivity contribution in [1.82, 2.24) is 10.2 Å². The van der Waals surface area contributed by atoms with Crippen LogP contribution in [0.15, 0.2) is 18.2 Å². The number of benzene rings is 1. The molecular formula is C19H25N3O4. The molecule has 3 aliphatic heterocycles. The number of amides is 3. The van der Waals surface area contributed by atoms with E-state index in [0.29, 0.717) is 37.7 Å². The lowest BCUT2D eigenvalue weighted by atomic mass is 10.2. The molecule has 1 unspecified atom stereocenters. The third-order valence-corrected chi connectivity index (χ3v) is 5.18. The molecule has 4 rings (SSSR count). The monoisotopic (exact) mass is 359 g/mol. The Balaban J connectivity index is 1.39. The highest BCUT2D eigenvalue weighted by Gasteiger charge is 2.33. The fourth-order valence-electron chi connectivity index (χ4n) is 3.79. The number of anilines is 1. The van der Waals surface area contributed by atoms with Gasteiger partial charge < -0.3 is 24.6 Å². The molecule has 26 heavy (non-hydrogen) atoms. The third-order valence-electron chi connectivity index (χ3n) is 5.18. The second kappa shape index (κ2) is 7.43. The van der Waals surface area contributed by atoms with Gasteiger partial charge in [-0.15, -0.1) is 0 Å². The van der Waals surface area contributed by atoms with Crippen molar-refractivity contribution in [2.45, 2.75) is 38.1 Å². The van der Waals surface area contributed by atoms with Gasteiger partial charge in [0.1, 0.15) is 13.2 Å². The molecule has 140 valence electrons. The number of carbonyl (C=O) groups excluding carboxylic acids is 2. The van der Waals surface area contributed by atoms with E-state index in [2.05, 4.69) is 5.32 Å². The molecule has 0 radical (unpaired) electrons. The highest BCUT2D eigenvalue weighted by Crippen LogP contribution is 2.35. The fraction of sp³-hybridized carbons (Fsp3) is 0.579. The molecule has 2 saturated heterocycles. The molecule has 2 fully saturated rings. The molecule has 1 atom stereocenters. The van der Waals surface area contributed by atoms with Gasteiger partial charge in [0, 0.05) is 37.8 Å². The normalized spacial score (nSPS) is 22.9. The zero-order chi connectivity index (χ0) is 17.9. The summed E-state index contributed by atoms with van der Waals surface area (Å²) >= 11 is 0. The van der Waals surface area contributed by atoms with Gasteiger partial charge in [0.25, 0.3) is 0 Å². The molecule has 1 aromatic carbocycles. The van der Waals surface area contributed by atoms with Crippen molar-refractivity contribution >= 4 is 17.6 Å². The lowest BCUT2D eigenvalue weighted by Crippen LogP contribution is -2.46. The van der Waals surface area contributed by atoms with Gasteiger partial charge in [-0.25, -0.2) is 4.79 Å². The van der Waals surface area contributed by atoms with E-state index >= 15 is 0 Å². The van der Waals surface area contributed by atoms with Crippen molar-refractivity contribution in [3.8, 4) is 11.5 Å². The number of hydrogen-bond donors (Lipinski definition) is 1. The zero-order valence-corrected chi connectivity index (χ0v) is 14.9. The molecule has 1 aromatic rings. The fourth-order valence-corrected chi connectivity index (χ4v) is 3.79. The van der Waals surface area contributed by atoms with Gasteiger partial charge in [0.2, 0.25) is 5.91 Å². The molecule has 1 N–H and O–H groups in total. The average molecular weight is 359 g/mol. The number of rotatable bonds is 2. The van der Waals surface area contributed by atoms with E-state index in [4.69, 9.17) is 9.47 Å². The number of carbonyl (C=O) groups is 2. The molecule has 3 heterocycles. The Bertz CT molecular complexity index is 685. The Morgan fingerprint density at radius 3 is 2.54 bits per heavy atom. The molecule has 7 nitrogen and oxygen atoms in total. The summed E-state index contributed by atoms with van der Waals surface area (Å²) in [7, 11) is 0. The number of urea groups is 1. The summed E-state index contributed by atoms with van der Waals surface area (Å²) in [4.78, 5) is 28.5. The summed E-state index contributed by atoms with van der Waals surface area (Å²) in [6.07, 6.45) is 4.81. The van der Waals surface area contributed by atoms with Gasteiger partial charge in [0.05, 0.1) is 6.04 Å². The highest BCUT2D eigenvalue weighted by atomic mass is 16.6. The average Bonchev–Trinajstić information content (AvgIpc) is 2.86. The number of nitrogens with zero attached hydrogens (tertiary/aromatic N) is 2. The van der Waals surface area contributed by atoms with E-state index in [-0.39, 0.29) is 18.0 Å². The van der Waals surface area contributed by atoms with Crippen LogP contribution in [0.4, 0.5) is 10.5 Å². The summed E-state index contributed by atoms with van der Waals surface area (Å²) in [5.41, 5.74) is 0.783. The van der Waals surface area contributed by atoms with Gasteiger partial charge in [-0.05, 0) is 25.0 Å². The van der Waals surface area contributed by atoms with Crippen LogP contribution in [0, 0.1) is 0 Å². The minimum absolute atomic E-state index is 0.0165. The maximum atomic E-state index is 12.5. The number of nitrogens with one attached hydrogen (secondary N) is 1. The van der Waals surface area contributed by atoms with E-state index in [1.54, 1.807) is 4.90 Å². The molecule has 0 bridgehead atoms. The summed E-state index contributed by atoms with van der Waals surface area (Å²) in [5.74, 6) is 1.39. The second-order valence-corrected chi connectivity index (χ2v) is 7.08. The van der Waals surface area contributed by atoms with Crippen LogP contribution in [0.3, 0.4) is 0 Å². The molecule has 0 aliphatic carbocycles. The topological polar surface area (TPSA) is 71.1 Å².